The molecular formula is C21H22N4OS. The van der Waals surface area contributed by atoms with Gasteiger partial charge in [-0.1, -0.05) is 24.3 Å². The Bertz CT molecular complexity index is 925. The quantitative estimate of drug-likeness (QED) is 0.720. The van der Waals surface area contributed by atoms with Gasteiger partial charge in [-0.05, 0) is 48.9 Å². The number of thiophene rings is 1. The molecule has 1 aliphatic heterocycles. The van der Waals surface area contributed by atoms with Gasteiger partial charge in [0.1, 0.15) is 0 Å². The van der Waals surface area contributed by atoms with Gasteiger partial charge in [-0.25, -0.2) is 9.97 Å². The highest BCUT2D eigenvalue weighted by atomic mass is 32.1. The first-order valence-electron chi connectivity index (χ1n) is 9.19. The van der Waals surface area contributed by atoms with Crippen molar-refractivity contribution in [2.24, 2.45) is 0 Å². The standard InChI is InChI=1S/C21H22N4OS/c1-15-6-2-3-8-17(15)23-21-22-11-10-18(24-21)16-7-4-12-25(14-16)20(26)19-9-5-13-27-19/h2-3,5-6,8-11,13,16H,4,7,12,14H2,1H3,(H,22,23,24). The van der Waals surface area contributed by atoms with E-state index in [1.807, 2.05) is 46.7 Å². The summed E-state index contributed by atoms with van der Waals surface area (Å²) in [6, 6.07) is 13.9. The van der Waals surface area contributed by atoms with Crippen LogP contribution in [0.25, 0.3) is 0 Å². The van der Waals surface area contributed by atoms with Gasteiger partial charge in [0.05, 0.1) is 10.6 Å². The lowest BCUT2D eigenvalue weighted by atomic mass is 9.94. The third-order valence-corrected chi connectivity index (χ3v) is 5.79. The Morgan fingerprint density at radius 1 is 1.22 bits per heavy atom. The number of hydrogen-bond donors (Lipinski definition) is 1. The summed E-state index contributed by atoms with van der Waals surface area (Å²) in [6.45, 7) is 3.57. The summed E-state index contributed by atoms with van der Waals surface area (Å²) in [4.78, 5) is 24.5. The average Bonchev–Trinajstić information content (AvgIpc) is 3.24. The van der Waals surface area contributed by atoms with Gasteiger partial charge in [0, 0.05) is 30.9 Å². The van der Waals surface area contributed by atoms with Crippen LogP contribution in [-0.4, -0.2) is 33.9 Å². The van der Waals surface area contributed by atoms with Crippen LogP contribution in [0.1, 0.15) is 39.7 Å². The Hall–Kier alpha value is -2.73. The third-order valence-electron chi connectivity index (χ3n) is 4.93. The molecule has 0 aliphatic carbocycles. The number of amides is 1. The van der Waals surface area contributed by atoms with E-state index < -0.39 is 0 Å². The Morgan fingerprint density at radius 2 is 2.11 bits per heavy atom. The maximum absolute atomic E-state index is 12.7. The molecule has 0 saturated carbocycles. The smallest absolute Gasteiger partial charge is 0.263 e. The first-order valence-corrected chi connectivity index (χ1v) is 10.1. The fraction of sp³-hybridized carbons (Fsp3) is 0.286. The summed E-state index contributed by atoms with van der Waals surface area (Å²) in [7, 11) is 0. The molecule has 1 N–H and O–H groups in total. The van der Waals surface area contributed by atoms with Crippen molar-refractivity contribution in [3.8, 4) is 0 Å². The van der Waals surface area contributed by atoms with E-state index >= 15 is 0 Å². The molecule has 3 aromatic rings. The molecule has 1 saturated heterocycles. The summed E-state index contributed by atoms with van der Waals surface area (Å²) in [5, 5.41) is 5.25. The molecule has 0 bridgehead atoms. The van der Waals surface area contributed by atoms with E-state index in [9.17, 15) is 4.79 Å². The largest absolute Gasteiger partial charge is 0.337 e. The van der Waals surface area contributed by atoms with Crippen molar-refractivity contribution < 1.29 is 4.79 Å². The van der Waals surface area contributed by atoms with Crippen LogP contribution in [-0.2, 0) is 0 Å². The third kappa shape index (κ3) is 4.01. The Balaban J connectivity index is 1.50. The van der Waals surface area contributed by atoms with Crippen LogP contribution in [0.3, 0.4) is 0 Å². The number of piperidine rings is 1. The fourth-order valence-corrected chi connectivity index (χ4v) is 4.14. The number of aryl methyl sites for hydroxylation is 1. The van der Waals surface area contributed by atoms with Crippen LogP contribution < -0.4 is 5.32 Å². The maximum Gasteiger partial charge on any atom is 0.263 e. The Morgan fingerprint density at radius 3 is 2.93 bits per heavy atom. The lowest BCUT2D eigenvalue weighted by molar-refractivity contribution is 0.0711. The van der Waals surface area contributed by atoms with Gasteiger partial charge in [0.2, 0.25) is 5.95 Å². The summed E-state index contributed by atoms with van der Waals surface area (Å²) in [5.41, 5.74) is 3.15. The number of nitrogens with zero attached hydrogens (tertiary/aromatic N) is 3. The topological polar surface area (TPSA) is 58.1 Å². The van der Waals surface area contributed by atoms with Crippen LogP contribution >= 0.6 is 11.3 Å². The zero-order valence-corrected chi connectivity index (χ0v) is 16.1. The van der Waals surface area contributed by atoms with E-state index in [0.717, 1.165) is 41.2 Å². The van der Waals surface area contributed by atoms with Crippen molar-refractivity contribution in [3.63, 3.8) is 0 Å². The van der Waals surface area contributed by atoms with E-state index in [1.165, 1.54) is 11.3 Å². The van der Waals surface area contributed by atoms with E-state index in [1.54, 1.807) is 6.20 Å². The first-order chi connectivity index (χ1) is 13.2. The lowest BCUT2D eigenvalue weighted by Crippen LogP contribution is -2.39. The minimum Gasteiger partial charge on any atom is -0.337 e. The number of likely N-dealkylation sites (tertiary alicyclic amines) is 1. The summed E-state index contributed by atoms with van der Waals surface area (Å²) in [5.74, 6) is 0.966. The molecule has 1 aromatic carbocycles. The van der Waals surface area contributed by atoms with E-state index in [4.69, 9.17) is 4.98 Å². The molecule has 1 amide bonds. The molecular weight excluding hydrogens is 356 g/mol. The van der Waals surface area contributed by atoms with Gasteiger partial charge in [0.25, 0.3) is 5.91 Å². The zero-order valence-electron chi connectivity index (χ0n) is 15.3. The number of para-hydroxylation sites is 1. The number of rotatable bonds is 4. The van der Waals surface area contributed by atoms with E-state index in [-0.39, 0.29) is 11.8 Å². The number of anilines is 2. The molecule has 138 valence electrons. The summed E-state index contributed by atoms with van der Waals surface area (Å²) in [6.07, 6.45) is 3.82. The predicted octanol–water partition coefficient (Wildman–Crippen LogP) is 4.61. The number of aromatic nitrogens is 2. The van der Waals surface area contributed by atoms with Crippen LogP contribution in [0.2, 0.25) is 0 Å². The molecule has 2 aromatic heterocycles. The average molecular weight is 379 g/mol. The first kappa shape index (κ1) is 17.7. The van der Waals surface area contributed by atoms with Gasteiger partial charge in [0.15, 0.2) is 0 Å². The molecule has 1 aliphatic rings. The highest BCUT2D eigenvalue weighted by Crippen LogP contribution is 2.28. The molecule has 5 nitrogen and oxygen atoms in total. The second-order valence-corrected chi connectivity index (χ2v) is 7.76. The molecule has 4 rings (SSSR count). The number of carbonyl (C=O) groups excluding carboxylic acids is 1. The van der Waals surface area contributed by atoms with Gasteiger partial charge in [-0.15, -0.1) is 11.3 Å². The number of hydrogen-bond acceptors (Lipinski definition) is 5. The van der Waals surface area contributed by atoms with Crippen molar-refractivity contribution >= 4 is 28.9 Å². The number of benzene rings is 1. The number of carbonyl (C=O) groups is 1. The van der Waals surface area contributed by atoms with Crippen molar-refractivity contribution in [3.05, 3.63) is 70.2 Å². The Labute approximate surface area is 163 Å². The zero-order chi connectivity index (χ0) is 18.6. The second-order valence-electron chi connectivity index (χ2n) is 6.81. The van der Waals surface area contributed by atoms with E-state index in [0.29, 0.717) is 12.5 Å². The molecule has 3 heterocycles. The van der Waals surface area contributed by atoms with Crippen molar-refractivity contribution in [1.82, 2.24) is 14.9 Å². The minimum atomic E-state index is 0.127. The highest BCUT2D eigenvalue weighted by molar-refractivity contribution is 7.12. The lowest BCUT2D eigenvalue weighted by Gasteiger charge is -2.32. The van der Waals surface area contributed by atoms with Gasteiger partial charge in [-0.2, -0.15) is 0 Å². The van der Waals surface area contributed by atoms with Crippen molar-refractivity contribution in [2.45, 2.75) is 25.7 Å². The van der Waals surface area contributed by atoms with Gasteiger partial charge >= 0.3 is 0 Å². The minimum absolute atomic E-state index is 0.127. The molecule has 1 unspecified atom stereocenters. The van der Waals surface area contributed by atoms with Crippen LogP contribution in [0, 0.1) is 6.92 Å². The summed E-state index contributed by atoms with van der Waals surface area (Å²) >= 11 is 1.50. The molecule has 1 atom stereocenters. The maximum atomic E-state index is 12.7. The van der Waals surface area contributed by atoms with Crippen molar-refractivity contribution in [2.75, 3.05) is 18.4 Å². The van der Waals surface area contributed by atoms with Crippen LogP contribution in [0.5, 0.6) is 0 Å². The SMILES string of the molecule is Cc1ccccc1Nc1nccc(C2CCCN(C(=O)c3cccs3)C2)n1. The normalized spacial score (nSPS) is 16.9. The van der Waals surface area contributed by atoms with Gasteiger partial charge < -0.3 is 10.2 Å². The highest BCUT2D eigenvalue weighted by Gasteiger charge is 2.27. The number of nitrogens with one attached hydrogen (secondary N) is 1. The molecule has 27 heavy (non-hydrogen) atoms. The van der Waals surface area contributed by atoms with Gasteiger partial charge in [-0.3, -0.25) is 4.79 Å². The monoisotopic (exact) mass is 378 g/mol. The second kappa shape index (κ2) is 7.88. The molecule has 1 fully saturated rings. The van der Waals surface area contributed by atoms with Crippen LogP contribution in [0.4, 0.5) is 11.6 Å². The van der Waals surface area contributed by atoms with Crippen LogP contribution in [0.15, 0.2) is 54.0 Å². The molecule has 6 heteroatoms. The summed E-state index contributed by atoms with van der Waals surface area (Å²) < 4.78 is 0. The molecule has 0 spiro atoms. The molecule has 0 radical (unpaired) electrons. The van der Waals surface area contributed by atoms with E-state index in [2.05, 4.69) is 23.3 Å². The Kier molecular flexibility index (Phi) is 5.16. The van der Waals surface area contributed by atoms with Crippen molar-refractivity contribution in [1.29, 1.82) is 0 Å². The predicted molar refractivity (Wildman–Crippen MR) is 109 cm³/mol. The fourth-order valence-electron chi connectivity index (χ4n) is 3.45.